The van der Waals surface area contributed by atoms with E-state index < -0.39 is 33.9 Å². The number of carbonyl (C=O) groups is 3. The molecule has 0 radical (unpaired) electrons. The number of nitrogens with one attached hydrogen (secondary N) is 2. The first-order chi connectivity index (χ1) is 15.6. The molecular formula is C21H27N3O9S. The maximum Gasteiger partial charge on any atom is 0.408 e. The molecule has 0 bridgehead atoms. The summed E-state index contributed by atoms with van der Waals surface area (Å²) in [6.07, 6.45) is -1.44. The van der Waals surface area contributed by atoms with Crippen LogP contribution in [0.4, 0.5) is 10.5 Å². The summed E-state index contributed by atoms with van der Waals surface area (Å²) in [6.45, 7) is 1.35. The van der Waals surface area contributed by atoms with Gasteiger partial charge in [0.15, 0.2) is 0 Å². The van der Waals surface area contributed by atoms with Crippen LogP contribution in [0.3, 0.4) is 0 Å². The minimum atomic E-state index is -4.48. The van der Waals surface area contributed by atoms with Crippen molar-refractivity contribution in [2.24, 2.45) is 0 Å². The van der Waals surface area contributed by atoms with Crippen LogP contribution in [0.1, 0.15) is 18.1 Å². The summed E-state index contributed by atoms with van der Waals surface area (Å²) < 4.78 is 47.6. The van der Waals surface area contributed by atoms with Gasteiger partial charge in [-0.2, -0.15) is 8.42 Å². The zero-order valence-electron chi connectivity index (χ0n) is 18.6. The van der Waals surface area contributed by atoms with Gasteiger partial charge in [-0.15, -0.1) is 0 Å². The van der Waals surface area contributed by atoms with Gasteiger partial charge in [0.25, 0.3) is 0 Å². The molecule has 0 aromatic heterocycles. The Kier molecular flexibility index (Phi) is 10.4. The third-order valence-corrected chi connectivity index (χ3v) is 4.85. The highest BCUT2D eigenvalue weighted by molar-refractivity contribution is 7.87. The predicted molar refractivity (Wildman–Crippen MR) is 121 cm³/mol. The molecule has 13 heteroatoms. The fraction of sp³-hybridized carbons (Fsp3) is 0.286. The third kappa shape index (κ3) is 8.03. The topological polar surface area (TPSA) is 192 Å². The molecule has 12 nitrogen and oxygen atoms in total. The monoisotopic (exact) mass is 497 g/mol. The van der Waals surface area contributed by atoms with Crippen LogP contribution in [0, 0.1) is 0 Å². The Balaban J connectivity index is 0.00000578. The molecule has 0 aliphatic carbocycles. The summed E-state index contributed by atoms with van der Waals surface area (Å²) in [5, 5.41) is 2.28. The van der Waals surface area contributed by atoms with E-state index in [0.29, 0.717) is 11.1 Å². The van der Waals surface area contributed by atoms with Gasteiger partial charge < -0.3 is 20.4 Å². The lowest BCUT2D eigenvalue weighted by molar-refractivity contribution is -0.164. The molecule has 2 rings (SSSR count). The summed E-state index contributed by atoms with van der Waals surface area (Å²) in [5.41, 5.74) is -1.19. The van der Waals surface area contributed by atoms with Crippen molar-refractivity contribution in [3.05, 3.63) is 65.7 Å². The predicted octanol–water partition coefficient (Wildman–Crippen LogP) is 2.01. The molecule has 1 atom stereocenters. The van der Waals surface area contributed by atoms with Crippen molar-refractivity contribution in [2.45, 2.75) is 25.5 Å². The lowest BCUT2D eigenvalue weighted by Gasteiger charge is -2.29. The Bertz CT molecular complexity index is 1080. The number of amides is 1. The fourth-order valence-corrected chi connectivity index (χ4v) is 3.32. The van der Waals surface area contributed by atoms with Gasteiger partial charge in [0.2, 0.25) is 5.54 Å². The highest BCUT2D eigenvalue weighted by Gasteiger charge is 2.51. The minimum Gasteiger partial charge on any atom is -0.467 e. The van der Waals surface area contributed by atoms with E-state index in [1.807, 2.05) is 4.72 Å². The number of methoxy groups -OCH3 is 1. The Morgan fingerprint density at radius 1 is 0.941 bits per heavy atom. The molecule has 0 heterocycles. The molecule has 1 amide bonds. The SMILES string of the molecule is CCOC(=O)C(Cc1ccc(NS(=O)(=O)O)cc1)(NC(=O)OCc1ccccc1)C(=O)OC.N. The third-order valence-electron chi connectivity index (χ3n) is 4.36. The van der Waals surface area contributed by atoms with Crippen LogP contribution in [0.2, 0.25) is 0 Å². The lowest BCUT2D eigenvalue weighted by atomic mass is 9.90. The quantitative estimate of drug-likeness (QED) is 0.163. The number of carbonyl (C=O) groups excluding carboxylic acids is 3. The maximum absolute atomic E-state index is 12.8. The second kappa shape index (κ2) is 12.5. The van der Waals surface area contributed by atoms with Crippen LogP contribution in [-0.2, 0) is 47.1 Å². The number of ether oxygens (including phenoxy) is 3. The molecule has 0 fully saturated rings. The van der Waals surface area contributed by atoms with Crippen LogP contribution in [0.5, 0.6) is 0 Å². The first-order valence-electron chi connectivity index (χ1n) is 9.68. The van der Waals surface area contributed by atoms with Gasteiger partial charge in [-0.25, -0.2) is 14.4 Å². The largest absolute Gasteiger partial charge is 0.467 e. The fourth-order valence-electron chi connectivity index (χ4n) is 2.88. The van der Waals surface area contributed by atoms with Crippen molar-refractivity contribution in [1.82, 2.24) is 11.5 Å². The Morgan fingerprint density at radius 3 is 2.09 bits per heavy atom. The molecule has 0 aliphatic heterocycles. The van der Waals surface area contributed by atoms with Crippen molar-refractivity contribution in [3.63, 3.8) is 0 Å². The van der Waals surface area contributed by atoms with E-state index in [2.05, 4.69) is 5.32 Å². The van der Waals surface area contributed by atoms with E-state index in [1.54, 1.807) is 30.3 Å². The summed E-state index contributed by atoms with van der Waals surface area (Å²) in [5.74, 6) is -2.15. The molecule has 2 aromatic rings. The van der Waals surface area contributed by atoms with E-state index in [0.717, 1.165) is 7.11 Å². The number of alkyl carbamates (subject to hydrolysis) is 1. The van der Waals surface area contributed by atoms with Crippen molar-refractivity contribution in [2.75, 3.05) is 18.4 Å². The molecule has 186 valence electrons. The molecule has 0 saturated heterocycles. The number of benzene rings is 2. The molecule has 2 aromatic carbocycles. The van der Waals surface area contributed by atoms with Crippen molar-refractivity contribution in [3.8, 4) is 0 Å². The number of esters is 2. The van der Waals surface area contributed by atoms with E-state index in [-0.39, 0.29) is 31.5 Å². The lowest BCUT2D eigenvalue weighted by Crippen LogP contribution is -2.62. The maximum atomic E-state index is 12.8. The number of rotatable bonds is 10. The number of anilines is 1. The van der Waals surface area contributed by atoms with Gasteiger partial charge >= 0.3 is 28.3 Å². The summed E-state index contributed by atoms with van der Waals surface area (Å²) in [7, 11) is -3.43. The normalized spacial score (nSPS) is 12.3. The van der Waals surface area contributed by atoms with Crippen molar-refractivity contribution in [1.29, 1.82) is 0 Å². The molecule has 0 aliphatic rings. The smallest absolute Gasteiger partial charge is 0.408 e. The number of hydrogen-bond donors (Lipinski definition) is 4. The van der Waals surface area contributed by atoms with E-state index >= 15 is 0 Å². The van der Waals surface area contributed by atoms with E-state index in [1.165, 1.54) is 31.2 Å². The molecular weight excluding hydrogens is 470 g/mol. The van der Waals surface area contributed by atoms with Gasteiger partial charge in [0.05, 0.1) is 19.4 Å². The van der Waals surface area contributed by atoms with Crippen molar-refractivity contribution >= 4 is 34.0 Å². The minimum absolute atomic E-state index is 0. The van der Waals surface area contributed by atoms with Crippen LogP contribution in [0.15, 0.2) is 54.6 Å². The number of hydrogen-bond acceptors (Lipinski definition) is 9. The molecule has 6 N–H and O–H groups in total. The van der Waals surface area contributed by atoms with E-state index in [9.17, 15) is 22.8 Å². The first kappa shape index (κ1) is 28.4. The Morgan fingerprint density at radius 2 is 1.56 bits per heavy atom. The van der Waals surface area contributed by atoms with Crippen LogP contribution in [0.25, 0.3) is 0 Å². The second-order valence-corrected chi connectivity index (χ2v) is 7.91. The van der Waals surface area contributed by atoms with Crippen LogP contribution < -0.4 is 16.2 Å². The average molecular weight is 498 g/mol. The van der Waals surface area contributed by atoms with Gasteiger partial charge in [0.1, 0.15) is 6.61 Å². The molecule has 0 spiro atoms. The summed E-state index contributed by atoms with van der Waals surface area (Å²) >= 11 is 0. The Labute approximate surface area is 197 Å². The summed E-state index contributed by atoms with van der Waals surface area (Å²) in [6, 6.07) is 14.1. The van der Waals surface area contributed by atoms with Gasteiger partial charge in [-0.1, -0.05) is 42.5 Å². The van der Waals surface area contributed by atoms with E-state index in [4.69, 9.17) is 18.8 Å². The average Bonchev–Trinajstić information content (AvgIpc) is 2.77. The molecule has 0 saturated carbocycles. The van der Waals surface area contributed by atoms with Crippen LogP contribution in [-0.4, -0.2) is 50.3 Å². The van der Waals surface area contributed by atoms with Gasteiger partial charge in [-0.3, -0.25) is 14.6 Å². The molecule has 1 unspecified atom stereocenters. The van der Waals surface area contributed by atoms with Crippen molar-refractivity contribution < 1.29 is 41.6 Å². The Hall–Kier alpha value is -3.68. The highest BCUT2D eigenvalue weighted by atomic mass is 32.2. The first-order valence-corrected chi connectivity index (χ1v) is 11.1. The zero-order valence-corrected chi connectivity index (χ0v) is 19.5. The second-order valence-electron chi connectivity index (χ2n) is 6.75. The van der Waals surface area contributed by atoms with Gasteiger partial charge in [0, 0.05) is 6.42 Å². The van der Waals surface area contributed by atoms with Crippen LogP contribution >= 0.6 is 0 Å². The molecule has 34 heavy (non-hydrogen) atoms. The highest BCUT2D eigenvalue weighted by Crippen LogP contribution is 2.21. The zero-order chi connectivity index (χ0) is 24.5. The standard InChI is InChI=1S/C21H24N2O9S.H3N/c1-3-31-19(25)21(18(24)30-2,22-20(26)32-14-16-7-5-4-6-8-16)13-15-9-11-17(12-10-15)23-33(27,28)29;/h4-12,23H,3,13-14H2,1-2H3,(H,22,26)(H,27,28,29);1H3. The van der Waals surface area contributed by atoms with Gasteiger partial charge in [-0.05, 0) is 30.2 Å². The summed E-state index contributed by atoms with van der Waals surface area (Å²) in [4.78, 5) is 38.0.